The van der Waals surface area contributed by atoms with E-state index >= 15 is 0 Å². The molecule has 0 aromatic carbocycles. The summed E-state index contributed by atoms with van der Waals surface area (Å²) in [6.07, 6.45) is 0. The van der Waals surface area contributed by atoms with Gasteiger partial charge in [0.2, 0.25) is 11.7 Å². The maximum absolute atomic E-state index is 12.7. The molecule has 13 heavy (non-hydrogen) atoms. The molecule has 1 aromatic rings. The van der Waals surface area contributed by atoms with Gasteiger partial charge in [0.05, 0.1) is 6.61 Å². The molecule has 6 heteroatoms. The smallest absolute Gasteiger partial charge is 0.255 e. The molecule has 0 bridgehead atoms. The van der Waals surface area contributed by atoms with Gasteiger partial charge in [-0.3, -0.25) is 0 Å². The molecule has 0 saturated carbocycles. The average Bonchev–Trinajstić information content (AvgIpc) is 2.11. The summed E-state index contributed by atoms with van der Waals surface area (Å²) in [5, 5.41) is -0.652. The molecule has 0 N–H and O–H groups in total. The van der Waals surface area contributed by atoms with Crippen LogP contribution in [0.1, 0.15) is 6.92 Å². The Bertz CT molecular complexity index is 332. The number of pyridine rings is 1. The van der Waals surface area contributed by atoms with Crippen LogP contribution in [0.15, 0.2) is 0 Å². The summed E-state index contributed by atoms with van der Waals surface area (Å²) < 4.78 is 42.3. The van der Waals surface area contributed by atoms with Gasteiger partial charge >= 0.3 is 0 Å². The molecule has 0 saturated heterocycles. The summed E-state index contributed by atoms with van der Waals surface area (Å²) in [5.74, 6) is -5.20. The van der Waals surface area contributed by atoms with E-state index in [1.54, 1.807) is 6.92 Å². The highest BCUT2D eigenvalue weighted by Gasteiger charge is 2.19. The van der Waals surface area contributed by atoms with Gasteiger partial charge in [-0.05, 0) is 6.92 Å². The molecule has 0 fully saturated rings. The lowest BCUT2D eigenvalue weighted by atomic mass is 10.4. The molecule has 0 atom stereocenters. The molecule has 1 aromatic heterocycles. The molecule has 0 unspecified atom stereocenters. The Kier molecular flexibility index (Phi) is 2.98. The van der Waals surface area contributed by atoms with Crippen LogP contribution >= 0.6 is 11.6 Å². The minimum atomic E-state index is -1.70. The van der Waals surface area contributed by atoms with Gasteiger partial charge in [0.1, 0.15) is 5.02 Å². The zero-order chi connectivity index (χ0) is 10.0. The summed E-state index contributed by atoms with van der Waals surface area (Å²) in [6.45, 7) is 1.72. The predicted molar refractivity (Wildman–Crippen MR) is 40.3 cm³/mol. The van der Waals surface area contributed by atoms with Gasteiger partial charge in [-0.15, -0.1) is 0 Å². The average molecular weight is 212 g/mol. The van der Waals surface area contributed by atoms with Crippen molar-refractivity contribution in [1.82, 2.24) is 4.98 Å². The largest absolute Gasteiger partial charge is 0.477 e. The van der Waals surface area contributed by atoms with Gasteiger partial charge in [-0.2, -0.15) is 13.8 Å². The summed E-state index contributed by atoms with van der Waals surface area (Å²) >= 11 is 5.28. The maximum Gasteiger partial charge on any atom is 0.255 e. The fraction of sp³-hybridized carbons (Fsp3) is 0.286. The van der Waals surface area contributed by atoms with Crippen LogP contribution in [0.25, 0.3) is 0 Å². The van der Waals surface area contributed by atoms with Crippen LogP contribution in [0.5, 0.6) is 5.88 Å². The van der Waals surface area contributed by atoms with Crippen molar-refractivity contribution in [2.24, 2.45) is 0 Å². The molecule has 0 radical (unpaired) electrons. The first-order valence-electron chi connectivity index (χ1n) is 3.40. The van der Waals surface area contributed by atoms with E-state index in [-0.39, 0.29) is 6.61 Å². The van der Waals surface area contributed by atoms with Gasteiger partial charge in [-0.25, -0.2) is 4.39 Å². The van der Waals surface area contributed by atoms with Crippen LogP contribution < -0.4 is 4.74 Å². The van der Waals surface area contributed by atoms with Gasteiger partial charge in [0.15, 0.2) is 5.82 Å². The number of aromatic nitrogens is 1. The molecular weight excluding hydrogens is 207 g/mol. The first kappa shape index (κ1) is 10.1. The maximum atomic E-state index is 12.7. The Hall–Kier alpha value is -0.970. The highest BCUT2D eigenvalue weighted by molar-refractivity contribution is 6.31. The van der Waals surface area contributed by atoms with E-state index in [4.69, 9.17) is 11.6 Å². The molecule has 0 aliphatic heterocycles. The number of ether oxygens (including phenoxy) is 1. The third-order valence-corrected chi connectivity index (χ3v) is 1.56. The van der Waals surface area contributed by atoms with E-state index < -0.39 is 28.5 Å². The van der Waals surface area contributed by atoms with E-state index in [1.165, 1.54) is 0 Å². The van der Waals surface area contributed by atoms with Gasteiger partial charge < -0.3 is 4.74 Å². The summed E-state index contributed by atoms with van der Waals surface area (Å²) in [4.78, 5) is 2.99. The molecule has 1 heterocycles. The number of hydrogen-bond donors (Lipinski definition) is 0. The molecule has 0 spiro atoms. The molecule has 0 aliphatic carbocycles. The van der Waals surface area contributed by atoms with E-state index in [0.717, 1.165) is 0 Å². The number of rotatable bonds is 2. The zero-order valence-electron chi connectivity index (χ0n) is 6.57. The van der Waals surface area contributed by atoms with Crippen LogP contribution in [-0.2, 0) is 0 Å². The standard InChI is InChI=1S/C7H5ClF3NO/c1-2-13-7-3(8)4(9)5(10)6(11)12-7/h2H2,1H3. The predicted octanol–water partition coefficient (Wildman–Crippen LogP) is 2.55. The van der Waals surface area contributed by atoms with Crippen molar-refractivity contribution < 1.29 is 17.9 Å². The topological polar surface area (TPSA) is 22.1 Å². The van der Waals surface area contributed by atoms with Crippen molar-refractivity contribution in [3.05, 3.63) is 22.6 Å². The van der Waals surface area contributed by atoms with E-state index in [9.17, 15) is 13.2 Å². The Labute approximate surface area is 77.3 Å². The molecule has 2 nitrogen and oxygen atoms in total. The number of halogens is 4. The van der Waals surface area contributed by atoms with E-state index in [1.807, 2.05) is 0 Å². The van der Waals surface area contributed by atoms with Crippen molar-refractivity contribution in [2.45, 2.75) is 6.92 Å². The number of nitrogens with zero attached hydrogens (tertiary/aromatic N) is 1. The van der Waals surface area contributed by atoms with Gasteiger partial charge in [0, 0.05) is 0 Å². The van der Waals surface area contributed by atoms with Crippen LogP contribution in [0.4, 0.5) is 13.2 Å². The lowest BCUT2D eigenvalue weighted by Gasteiger charge is -2.05. The van der Waals surface area contributed by atoms with Crippen LogP contribution in [-0.4, -0.2) is 11.6 Å². The highest BCUT2D eigenvalue weighted by Crippen LogP contribution is 2.27. The Morgan fingerprint density at radius 2 is 1.92 bits per heavy atom. The summed E-state index contributed by atoms with van der Waals surface area (Å²) in [7, 11) is 0. The second-order valence-electron chi connectivity index (χ2n) is 2.08. The van der Waals surface area contributed by atoms with Gasteiger partial charge in [-0.1, -0.05) is 11.6 Å². The Balaban J connectivity index is 3.24. The van der Waals surface area contributed by atoms with Crippen LogP contribution in [0.2, 0.25) is 5.02 Å². The van der Waals surface area contributed by atoms with Crippen molar-refractivity contribution in [2.75, 3.05) is 6.61 Å². The first-order valence-corrected chi connectivity index (χ1v) is 3.78. The zero-order valence-corrected chi connectivity index (χ0v) is 7.33. The normalized spacial score (nSPS) is 10.2. The molecule has 0 aliphatic rings. The van der Waals surface area contributed by atoms with Crippen molar-refractivity contribution in [3.8, 4) is 5.88 Å². The fourth-order valence-electron chi connectivity index (χ4n) is 0.700. The Morgan fingerprint density at radius 3 is 2.46 bits per heavy atom. The van der Waals surface area contributed by atoms with Crippen molar-refractivity contribution in [3.63, 3.8) is 0 Å². The molecular formula is C7H5ClF3NO. The monoisotopic (exact) mass is 211 g/mol. The summed E-state index contributed by atoms with van der Waals surface area (Å²) in [6, 6.07) is 0. The minimum absolute atomic E-state index is 0.136. The van der Waals surface area contributed by atoms with Crippen molar-refractivity contribution in [1.29, 1.82) is 0 Å². The van der Waals surface area contributed by atoms with Gasteiger partial charge in [0.25, 0.3) is 5.95 Å². The highest BCUT2D eigenvalue weighted by atomic mass is 35.5. The van der Waals surface area contributed by atoms with Crippen LogP contribution in [0.3, 0.4) is 0 Å². The molecule has 72 valence electrons. The van der Waals surface area contributed by atoms with Crippen LogP contribution in [0, 0.1) is 17.6 Å². The minimum Gasteiger partial charge on any atom is -0.477 e. The molecule has 1 rings (SSSR count). The first-order chi connectivity index (χ1) is 6.07. The summed E-state index contributed by atoms with van der Waals surface area (Å²) in [5.41, 5.74) is 0. The lowest BCUT2D eigenvalue weighted by Crippen LogP contribution is -2.02. The fourth-order valence-corrected chi connectivity index (χ4v) is 0.880. The lowest BCUT2D eigenvalue weighted by molar-refractivity contribution is 0.310. The Morgan fingerprint density at radius 1 is 1.31 bits per heavy atom. The molecule has 0 amide bonds. The second-order valence-corrected chi connectivity index (χ2v) is 2.46. The second kappa shape index (κ2) is 3.83. The number of hydrogen-bond acceptors (Lipinski definition) is 2. The SMILES string of the molecule is CCOc1nc(F)c(F)c(F)c1Cl. The third kappa shape index (κ3) is 1.85. The third-order valence-electron chi connectivity index (χ3n) is 1.24. The quantitative estimate of drug-likeness (QED) is 0.702. The van der Waals surface area contributed by atoms with E-state index in [0.29, 0.717) is 0 Å². The van der Waals surface area contributed by atoms with Crippen molar-refractivity contribution >= 4 is 11.6 Å². The van der Waals surface area contributed by atoms with E-state index in [2.05, 4.69) is 9.72 Å².